The molecule has 0 saturated carbocycles. The van der Waals surface area contributed by atoms with Crippen LogP contribution in [0, 0.1) is 0 Å². The lowest BCUT2D eigenvalue weighted by Crippen LogP contribution is -2.03. The van der Waals surface area contributed by atoms with Crippen LogP contribution in [0.4, 0.5) is 0 Å². The fourth-order valence-electron chi connectivity index (χ4n) is 0.548. The molecule has 4 heteroatoms. The molecule has 0 spiro atoms. The van der Waals surface area contributed by atoms with Gasteiger partial charge in [-0.25, -0.2) is 0 Å². The monoisotopic (exact) mass is 185 g/mol. The summed E-state index contributed by atoms with van der Waals surface area (Å²) in [5, 5.41) is 0. The predicted octanol–water partition coefficient (Wildman–Crippen LogP) is 1.50. The van der Waals surface area contributed by atoms with Gasteiger partial charge in [0.15, 0.2) is 11.7 Å². The van der Waals surface area contributed by atoms with Crippen molar-refractivity contribution in [3.63, 3.8) is 0 Å². The molecule has 0 radical (unpaired) electrons. The molecule has 1 aromatic heterocycles. The average Bonchev–Trinajstić information content (AvgIpc) is 2.13. The third kappa shape index (κ3) is 2.92. The number of aldehydes is 1. The van der Waals surface area contributed by atoms with E-state index in [0.29, 0.717) is 11.2 Å². The van der Waals surface area contributed by atoms with Crippen molar-refractivity contribution < 1.29 is 4.79 Å². The summed E-state index contributed by atoms with van der Waals surface area (Å²) in [6, 6.07) is 1.20. The Morgan fingerprint density at radius 1 is 1.50 bits per heavy atom. The van der Waals surface area contributed by atoms with Gasteiger partial charge in [0.2, 0.25) is 0 Å². The lowest BCUT2D eigenvalue weighted by Gasteiger charge is -1.89. The molecule has 1 aromatic rings. The number of carbonyl (C=O) groups is 1. The van der Waals surface area contributed by atoms with Crippen LogP contribution in [0.25, 0.3) is 0 Å². The molecular weight excluding hydrogens is 174 g/mol. The van der Waals surface area contributed by atoms with Crippen LogP contribution in [0.3, 0.4) is 0 Å². The first-order valence-electron chi connectivity index (χ1n) is 3.61. The van der Waals surface area contributed by atoms with Crippen LogP contribution in [-0.4, -0.2) is 11.3 Å². The highest BCUT2D eigenvalue weighted by atomic mass is 32.1. The van der Waals surface area contributed by atoms with Gasteiger partial charge in [0.05, 0.1) is 10.6 Å². The van der Waals surface area contributed by atoms with Gasteiger partial charge in [-0.3, -0.25) is 9.59 Å². The summed E-state index contributed by atoms with van der Waals surface area (Å²) < 4.78 is 0. The molecule has 0 unspecified atom stereocenters. The molecular formula is C8H11NO2S. The predicted molar refractivity (Wildman–Crippen MR) is 51.1 cm³/mol. The number of pyridine rings is 1. The Hall–Kier alpha value is -1.03. The minimum Gasteiger partial charge on any atom is -0.358 e. The van der Waals surface area contributed by atoms with Crippen molar-refractivity contribution in [2.45, 2.75) is 18.7 Å². The van der Waals surface area contributed by atoms with Gasteiger partial charge in [-0.05, 0) is 0 Å². The van der Waals surface area contributed by atoms with Crippen molar-refractivity contribution in [2.24, 2.45) is 0 Å². The van der Waals surface area contributed by atoms with E-state index in [1.165, 1.54) is 12.3 Å². The number of aromatic nitrogens is 1. The lowest BCUT2D eigenvalue weighted by atomic mass is 10.4. The molecule has 0 amide bonds. The van der Waals surface area contributed by atoms with Crippen LogP contribution < -0.4 is 5.43 Å². The van der Waals surface area contributed by atoms with Gasteiger partial charge in [0.1, 0.15) is 0 Å². The van der Waals surface area contributed by atoms with E-state index in [1.54, 1.807) is 0 Å². The summed E-state index contributed by atoms with van der Waals surface area (Å²) in [6.07, 6.45) is 1.96. The van der Waals surface area contributed by atoms with E-state index in [0.717, 1.165) is 0 Å². The Bertz CT molecular complexity index is 306. The highest BCUT2D eigenvalue weighted by Crippen LogP contribution is 1.94. The number of thiol groups is 1. The largest absolute Gasteiger partial charge is 0.358 e. The first-order valence-corrected chi connectivity index (χ1v) is 4.05. The van der Waals surface area contributed by atoms with Gasteiger partial charge < -0.3 is 4.98 Å². The van der Waals surface area contributed by atoms with Crippen molar-refractivity contribution in [3.05, 3.63) is 28.2 Å². The zero-order chi connectivity index (χ0) is 9.56. The van der Waals surface area contributed by atoms with Gasteiger partial charge in [-0.1, -0.05) is 13.8 Å². The number of hydrogen-bond donors (Lipinski definition) is 2. The molecule has 0 aliphatic carbocycles. The van der Waals surface area contributed by atoms with E-state index >= 15 is 0 Å². The molecule has 12 heavy (non-hydrogen) atoms. The topological polar surface area (TPSA) is 49.9 Å². The van der Waals surface area contributed by atoms with Crippen molar-refractivity contribution in [1.29, 1.82) is 0 Å². The molecule has 1 N–H and O–H groups in total. The van der Waals surface area contributed by atoms with E-state index in [-0.39, 0.29) is 11.1 Å². The summed E-state index contributed by atoms with van der Waals surface area (Å²) in [6.45, 7) is 4.00. The molecule has 0 saturated heterocycles. The van der Waals surface area contributed by atoms with Crippen molar-refractivity contribution in [2.75, 3.05) is 0 Å². The molecule has 3 nitrogen and oxygen atoms in total. The third-order valence-electron chi connectivity index (χ3n) is 1.04. The maximum atomic E-state index is 10.7. The zero-order valence-corrected chi connectivity index (χ0v) is 7.89. The summed E-state index contributed by atoms with van der Waals surface area (Å²) >= 11 is 3.82. The van der Waals surface area contributed by atoms with Crippen LogP contribution in [-0.2, 0) is 0 Å². The highest BCUT2D eigenvalue weighted by molar-refractivity contribution is 7.80. The maximum Gasteiger partial charge on any atom is 0.195 e. The molecule has 0 atom stereocenters. The number of nitrogens with one attached hydrogen (secondary N) is 1. The van der Waals surface area contributed by atoms with E-state index in [2.05, 4.69) is 17.6 Å². The van der Waals surface area contributed by atoms with Gasteiger partial charge in [0.25, 0.3) is 0 Å². The minimum absolute atomic E-state index is 0.246. The zero-order valence-electron chi connectivity index (χ0n) is 7.00. The number of H-pyrrole nitrogens is 1. The second kappa shape index (κ2) is 5.60. The maximum absolute atomic E-state index is 10.7. The van der Waals surface area contributed by atoms with Gasteiger partial charge in [-0.2, -0.15) is 0 Å². The molecule has 0 aliphatic heterocycles. The number of carbonyl (C=O) groups excluding carboxylic acids is 1. The normalized spacial score (nSPS) is 8.25. The van der Waals surface area contributed by atoms with Crippen LogP contribution in [0.15, 0.2) is 22.0 Å². The summed E-state index contributed by atoms with van der Waals surface area (Å²) in [4.78, 5) is 23.7. The summed E-state index contributed by atoms with van der Waals surface area (Å²) in [5.74, 6) is 0. The third-order valence-corrected chi connectivity index (χ3v) is 1.39. The Morgan fingerprint density at radius 3 is 2.50 bits per heavy atom. The fraction of sp³-hybridized carbons (Fsp3) is 0.250. The van der Waals surface area contributed by atoms with Crippen LogP contribution in [0.5, 0.6) is 0 Å². The molecule has 0 bridgehead atoms. The van der Waals surface area contributed by atoms with E-state index < -0.39 is 0 Å². The Kier molecular flexibility index (Phi) is 5.12. The number of rotatable bonds is 1. The molecule has 1 rings (SSSR count). The van der Waals surface area contributed by atoms with Gasteiger partial charge in [-0.15, -0.1) is 12.6 Å². The fourth-order valence-corrected chi connectivity index (χ4v) is 0.677. The molecule has 66 valence electrons. The van der Waals surface area contributed by atoms with E-state index in [4.69, 9.17) is 0 Å². The smallest absolute Gasteiger partial charge is 0.195 e. The second-order valence-corrected chi connectivity index (χ2v) is 2.24. The van der Waals surface area contributed by atoms with Crippen LogP contribution in [0.1, 0.15) is 24.3 Å². The molecule has 0 fully saturated rings. The number of hydrogen-bond acceptors (Lipinski definition) is 3. The molecule has 0 aliphatic rings. The van der Waals surface area contributed by atoms with Crippen molar-refractivity contribution in [3.8, 4) is 0 Å². The summed E-state index contributed by atoms with van der Waals surface area (Å²) in [7, 11) is 0. The van der Waals surface area contributed by atoms with E-state index in [1.807, 2.05) is 13.8 Å². The Morgan fingerprint density at radius 2 is 2.08 bits per heavy atom. The van der Waals surface area contributed by atoms with Crippen molar-refractivity contribution >= 4 is 18.9 Å². The SMILES string of the molecule is CC.O=Cc1cc(=O)c(S)c[nH]1. The van der Waals surface area contributed by atoms with Crippen LogP contribution in [0.2, 0.25) is 0 Å². The van der Waals surface area contributed by atoms with Crippen molar-refractivity contribution in [1.82, 2.24) is 4.98 Å². The Labute approximate surface area is 76.2 Å². The first kappa shape index (κ1) is 11.0. The lowest BCUT2D eigenvalue weighted by molar-refractivity contribution is 0.111. The quantitative estimate of drug-likeness (QED) is 0.514. The average molecular weight is 185 g/mol. The summed E-state index contributed by atoms with van der Waals surface area (Å²) in [5.41, 5.74) is 0.0204. The first-order chi connectivity index (χ1) is 5.74. The minimum atomic E-state index is -0.246. The number of aromatic amines is 1. The Balaban J connectivity index is 0.000000561. The highest BCUT2D eigenvalue weighted by Gasteiger charge is 1.93. The standard InChI is InChI=1S/C6H5NO2S.C2H6/c8-3-4-1-5(9)6(10)2-7-4;1-2/h1-3,10H,(H,7,9);1-2H3. The second-order valence-electron chi connectivity index (χ2n) is 1.76. The van der Waals surface area contributed by atoms with Crippen LogP contribution >= 0.6 is 12.6 Å². The van der Waals surface area contributed by atoms with E-state index in [9.17, 15) is 9.59 Å². The van der Waals surface area contributed by atoms with Gasteiger partial charge >= 0.3 is 0 Å². The molecule has 0 aromatic carbocycles. The van der Waals surface area contributed by atoms with Gasteiger partial charge in [0, 0.05) is 12.3 Å². The molecule has 1 heterocycles.